The molecule has 2 aromatic carbocycles. The van der Waals surface area contributed by atoms with Crippen LogP contribution in [0.5, 0.6) is 0 Å². The summed E-state index contributed by atoms with van der Waals surface area (Å²) >= 11 is 1.26. The average Bonchev–Trinajstić information content (AvgIpc) is 2.63. The molecular weight excluding hydrogens is 336 g/mol. The van der Waals surface area contributed by atoms with Crippen LogP contribution in [-0.2, 0) is 6.54 Å². The van der Waals surface area contributed by atoms with Gasteiger partial charge in [0.1, 0.15) is 6.33 Å². The minimum absolute atomic E-state index is 0.0743. The van der Waals surface area contributed by atoms with E-state index in [9.17, 15) is 10.1 Å². The van der Waals surface area contributed by atoms with Crippen molar-refractivity contribution in [1.29, 1.82) is 0 Å². The summed E-state index contributed by atoms with van der Waals surface area (Å²) in [7, 11) is 1.79. The van der Waals surface area contributed by atoms with Crippen LogP contribution in [0.15, 0.2) is 76.9 Å². The summed E-state index contributed by atoms with van der Waals surface area (Å²) in [6, 6.07) is 19.2. The highest BCUT2D eigenvalue weighted by atomic mass is 32.2. The Morgan fingerprint density at radius 1 is 1.04 bits per heavy atom. The van der Waals surface area contributed by atoms with Gasteiger partial charge in [-0.25, -0.2) is 9.97 Å². The van der Waals surface area contributed by atoms with Gasteiger partial charge in [0.15, 0.2) is 5.03 Å². The highest BCUT2D eigenvalue weighted by Crippen LogP contribution is 2.37. The molecule has 7 heteroatoms. The zero-order valence-electron chi connectivity index (χ0n) is 13.6. The Balaban J connectivity index is 1.93. The molecule has 25 heavy (non-hydrogen) atoms. The Hall–Kier alpha value is -2.93. The molecule has 1 heterocycles. The zero-order chi connectivity index (χ0) is 17.6. The van der Waals surface area contributed by atoms with Gasteiger partial charge in [0.05, 0.1) is 4.92 Å². The average molecular weight is 352 g/mol. The summed E-state index contributed by atoms with van der Waals surface area (Å²) in [6.07, 6.45) is 1.37. The lowest BCUT2D eigenvalue weighted by atomic mass is 10.2. The van der Waals surface area contributed by atoms with Crippen molar-refractivity contribution in [3.63, 3.8) is 0 Å². The second-order valence-electron chi connectivity index (χ2n) is 5.36. The van der Waals surface area contributed by atoms with Crippen LogP contribution in [0.3, 0.4) is 0 Å². The summed E-state index contributed by atoms with van der Waals surface area (Å²) in [5, 5.41) is 12.0. The van der Waals surface area contributed by atoms with Gasteiger partial charge in [0, 0.05) is 18.5 Å². The second-order valence-corrected chi connectivity index (χ2v) is 6.43. The van der Waals surface area contributed by atoms with Gasteiger partial charge in [0.2, 0.25) is 5.82 Å². The molecule has 0 aliphatic heterocycles. The number of nitrogens with zero attached hydrogens (tertiary/aromatic N) is 4. The molecule has 0 aliphatic carbocycles. The fraction of sp³-hybridized carbons (Fsp3) is 0.111. The van der Waals surface area contributed by atoms with Crippen LogP contribution in [0.2, 0.25) is 0 Å². The minimum Gasteiger partial charge on any atom is -0.349 e. The van der Waals surface area contributed by atoms with E-state index < -0.39 is 4.92 Å². The van der Waals surface area contributed by atoms with Crippen LogP contribution < -0.4 is 4.90 Å². The number of nitro groups is 1. The molecule has 0 spiro atoms. The molecular formula is C18H16N4O2S. The lowest BCUT2D eigenvalue weighted by molar-refractivity contribution is -0.387. The molecule has 6 nitrogen and oxygen atoms in total. The standard InChI is InChI=1S/C18H16N4O2S/c1-21(12-14-8-4-2-5-9-14)17-16(22(23)24)18(20-13-19-17)25-15-10-6-3-7-11-15/h2-11,13H,12H2,1H3. The van der Waals surface area contributed by atoms with Crippen LogP contribution in [-0.4, -0.2) is 21.9 Å². The Kier molecular flexibility index (Phi) is 5.25. The Morgan fingerprint density at radius 3 is 2.32 bits per heavy atom. The van der Waals surface area contributed by atoms with E-state index in [0.717, 1.165) is 10.5 Å². The number of hydrogen-bond donors (Lipinski definition) is 0. The molecule has 0 radical (unpaired) electrons. The van der Waals surface area contributed by atoms with E-state index in [1.165, 1.54) is 18.1 Å². The van der Waals surface area contributed by atoms with Crippen molar-refractivity contribution in [1.82, 2.24) is 9.97 Å². The SMILES string of the molecule is CN(Cc1ccccc1)c1ncnc(Sc2ccccc2)c1[N+](=O)[O-]. The third-order valence-electron chi connectivity index (χ3n) is 3.53. The van der Waals surface area contributed by atoms with Gasteiger partial charge >= 0.3 is 5.69 Å². The third kappa shape index (κ3) is 4.13. The first-order valence-electron chi connectivity index (χ1n) is 7.62. The summed E-state index contributed by atoms with van der Waals surface area (Å²) in [5.74, 6) is 0.308. The topological polar surface area (TPSA) is 72.2 Å². The number of benzene rings is 2. The predicted octanol–water partition coefficient (Wildman–Crippen LogP) is 4.17. The maximum Gasteiger partial charge on any atom is 0.343 e. The van der Waals surface area contributed by atoms with Crippen molar-refractivity contribution in [2.24, 2.45) is 0 Å². The van der Waals surface area contributed by atoms with Gasteiger partial charge in [-0.05, 0) is 17.7 Å². The normalized spacial score (nSPS) is 10.4. The largest absolute Gasteiger partial charge is 0.349 e. The molecule has 126 valence electrons. The van der Waals surface area contributed by atoms with Crippen molar-refractivity contribution in [2.75, 3.05) is 11.9 Å². The molecule has 0 N–H and O–H groups in total. The van der Waals surface area contributed by atoms with E-state index >= 15 is 0 Å². The zero-order valence-corrected chi connectivity index (χ0v) is 14.4. The fourth-order valence-corrected chi connectivity index (χ4v) is 3.28. The Morgan fingerprint density at radius 2 is 1.68 bits per heavy atom. The molecule has 1 aromatic heterocycles. The molecule has 0 amide bonds. The molecule has 3 aromatic rings. The molecule has 0 bridgehead atoms. The van der Waals surface area contributed by atoms with E-state index in [1.807, 2.05) is 60.7 Å². The fourth-order valence-electron chi connectivity index (χ4n) is 2.40. The summed E-state index contributed by atoms with van der Waals surface area (Å²) < 4.78 is 0. The highest BCUT2D eigenvalue weighted by Gasteiger charge is 2.26. The molecule has 0 aliphatic rings. The van der Waals surface area contributed by atoms with E-state index in [-0.39, 0.29) is 5.69 Å². The lowest BCUT2D eigenvalue weighted by Crippen LogP contribution is -2.19. The lowest BCUT2D eigenvalue weighted by Gasteiger charge is -2.18. The van der Waals surface area contributed by atoms with E-state index in [2.05, 4.69) is 9.97 Å². The number of rotatable bonds is 6. The van der Waals surface area contributed by atoms with Crippen molar-refractivity contribution in [2.45, 2.75) is 16.5 Å². The van der Waals surface area contributed by atoms with Gasteiger partial charge in [-0.15, -0.1) is 0 Å². The first kappa shape index (κ1) is 16.9. The highest BCUT2D eigenvalue weighted by molar-refractivity contribution is 7.99. The minimum atomic E-state index is -0.415. The van der Waals surface area contributed by atoms with Crippen molar-refractivity contribution < 1.29 is 4.92 Å². The maximum absolute atomic E-state index is 11.7. The van der Waals surface area contributed by atoms with Crippen molar-refractivity contribution in [3.05, 3.63) is 82.7 Å². The van der Waals surface area contributed by atoms with Crippen molar-refractivity contribution in [3.8, 4) is 0 Å². The molecule has 0 atom stereocenters. The van der Waals surface area contributed by atoms with Crippen LogP contribution in [0.1, 0.15) is 5.56 Å². The van der Waals surface area contributed by atoms with Crippen molar-refractivity contribution >= 4 is 23.3 Å². The Bertz CT molecular complexity index is 859. The molecule has 0 fully saturated rings. The number of hydrogen-bond acceptors (Lipinski definition) is 6. The van der Waals surface area contributed by atoms with Gasteiger partial charge in [0.25, 0.3) is 0 Å². The number of aromatic nitrogens is 2. The van der Waals surface area contributed by atoms with E-state index in [4.69, 9.17) is 0 Å². The van der Waals surface area contributed by atoms with Gasteiger partial charge < -0.3 is 4.90 Å². The van der Waals surface area contributed by atoms with E-state index in [0.29, 0.717) is 17.4 Å². The summed E-state index contributed by atoms with van der Waals surface area (Å²) in [4.78, 5) is 22.2. The maximum atomic E-state index is 11.7. The van der Waals surface area contributed by atoms with Gasteiger partial charge in [-0.2, -0.15) is 0 Å². The quantitative estimate of drug-likeness (QED) is 0.377. The monoisotopic (exact) mass is 352 g/mol. The van der Waals surface area contributed by atoms with Gasteiger partial charge in [-0.3, -0.25) is 10.1 Å². The first-order chi connectivity index (χ1) is 12.1. The van der Waals surface area contributed by atoms with Crippen LogP contribution in [0.25, 0.3) is 0 Å². The van der Waals surface area contributed by atoms with E-state index in [1.54, 1.807) is 11.9 Å². The molecule has 0 saturated heterocycles. The molecule has 0 unspecified atom stereocenters. The molecule has 0 saturated carbocycles. The molecule has 3 rings (SSSR count). The summed E-state index contributed by atoms with van der Waals surface area (Å²) in [5.41, 5.74) is 0.977. The van der Waals surface area contributed by atoms with Crippen LogP contribution >= 0.6 is 11.8 Å². The predicted molar refractivity (Wildman–Crippen MR) is 97.8 cm³/mol. The number of anilines is 1. The Labute approximate surface area is 149 Å². The first-order valence-corrected chi connectivity index (χ1v) is 8.44. The third-order valence-corrected chi connectivity index (χ3v) is 4.53. The second kappa shape index (κ2) is 7.76. The van der Waals surface area contributed by atoms with Gasteiger partial charge in [-0.1, -0.05) is 60.3 Å². The smallest absolute Gasteiger partial charge is 0.343 e. The van der Waals surface area contributed by atoms with Crippen LogP contribution in [0.4, 0.5) is 11.5 Å². The van der Waals surface area contributed by atoms with Crippen LogP contribution in [0, 0.1) is 10.1 Å². The summed E-state index contributed by atoms with van der Waals surface area (Å²) in [6.45, 7) is 0.522.